The lowest BCUT2D eigenvalue weighted by molar-refractivity contribution is -0.384. The molecule has 0 fully saturated rings. The van der Waals surface area contributed by atoms with Gasteiger partial charge in [0.25, 0.3) is 11.6 Å². The van der Waals surface area contributed by atoms with Gasteiger partial charge in [0.05, 0.1) is 27.8 Å². The lowest BCUT2D eigenvalue weighted by atomic mass is 10.2. The van der Waals surface area contributed by atoms with Crippen molar-refractivity contribution in [2.45, 2.75) is 13.5 Å². The van der Waals surface area contributed by atoms with E-state index in [1.54, 1.807) is 36.4 Å². The number of carbonyl (C=O) groups is 1. The molecule has 0 bridgehead atoms. The van der Waals surface area contributed by atoms with Crippen LogP contribution in [0, 0.1) is 10.1 Å². The highest BCUT2D eigenvalue weighted by Crippen LogP contribution is 2.37. The second-order valence-corrected chi connectivity index (χ2v) is 7.73. The topological polar surface area (TPSA) is 116 Å². The monoisotopic (exact) mass is 532 g/mol. The number of hydrogen-bond acceptors (Lipinski definition) is 7. The number of hydrazone groups is 1. The Morgan fingerprint density at radius 2 is 2.03 bits per heavy atom. The van der Waals surface area contributed by atoms with Crippen LogP contribution in [0.15, 0.2) is 64.3 Å². The maximum atomic E-state index is 12.2. The van der Waals surface area contributed by atoms with Crippen molar-refractivity contribution < 1.29 is 19.2 Å². The van der Waals surface area contributed by atoms with Gasteiger partial charge >= 0.3 is 0 Å². The Morgan fingerprint density at radius 3 is 2.70 bits per heavy atom. The summed E-state index contributed by atoms with van der Waals surface area (Å²) in [5.74, 6) is 0.451. The van der Waals surface area contributed by atoms with E-state index in [-0.39, 0.29) is 23.0 Å². The molecule has 0 aliphatic heterocycles. The summed E-state index contributed by atoms with van der Waals surface area (Å²) in [5, 5.41) is 14.8. The van der Waals surface area contributed by atoms with E-state index >= 15 is 0 Å². The second-order valence-electron chi connectivity index (χ2n) is 6.52. The summed E-state index contributed by atoms with van der Waals surface area (Å²) in [5.41, 5.74) is 4.03. The number of nitrogens with one attached hydrogen (secondary N) is 1. The van der Waals surface area contributed by atoms with Gasteiger partial charge in [-0.2, -0.15) is 5.10 Å². The molecule has 0 saturated carbocycles. The molecule has 1 N–H and O–H groups in total. The average Bonchev–Trinajstić information content (AvgIpc) is 2.79. The number of aromatic nitrogens is 1. The number of nitrogens with zero attached hydrogens (tertiary/aromatic N) is 3. The maximum absolute atomic E-state index is 12.2. The molecule has 3 rings (SSSR count). The number of amides is 1. The Morgan fingerprint density at radius 1 is 1.27 bits per heavy atom. The summed E-state index contributed by atoms with van der Waals surface area (Å²) >= 11 is 9.38. The van der Waals surface area contributed by atoms with Crippen molar-refractivity contribution >= 4 is 45.3 Å². The minimum absolute atomic E-state index is 0.0106. The predicted molar refractivity (Wildman–Crippen MR) is 127 cm³/mol. The minimum atomic E-state index is -0.489. The first-order valence-electron chi connectivity index (χ1n) is 9.65. The maximum Gasteiger partial charge on any atom is 0.274 e. The van der Waals surface area contributed by atoms with Gasteiger partial charge in [0.15, 0.2) is 11.5 Å². The smallest absolute Gasteiger partial charge is 0.274 e. The van der Waals surface area contributed by atoms with Crippen LogP contribution in [-0.4, -0.2) is 28.6 Å². The van der Waals surface area contributed by atoms with E-state index < -0.39 is 10.8 Å². The molecular formula is C22H18BrClN4O5. The van der Waals surface area contributed by atoms with E-state index in [1.165, 1.54) is 24.5 Å². The van der Waals surface area contributed by atoms with E-state index in [1.807, 2.05) is 6.92 Å². The van der Waals surface area contributed by atoms with Crippen LogP contribution < -0.4 is 14.9 Å². The van der Waals surface area contributed by atoms with Gasteiger partial charge in [-0.25, -0.2) is 10.4 Å². The molecule has 2 aromatic carbocycles. The average molecular weight is 534 g/mol. The Bertz CT molecular complexity index is 1190. The first-order valence-corrected chi connectivity index (χ1v) is 10.8. The lowest BCUT2D eigenvalue weighted by Crippen LogP contribution is -2.18. The van der Waals surface area contributed by atoms with Gasteiger partial charge in [-0.05, 0) is 70.4 Å². The molecule has 1 aromatic heterocycles. The molecule has 0 spiro atoms. The third-order valence-electron chi connectivity index (χ3n) is 4.25. The Hall–Kier alpha value is -3.50. The Labute approximate surface area is 202 Å². The lowest BCUT2D eigenvalue weighted by Gasteiger charge is -2.14. The van der Waals surface area contributed by atoms with Crippen molar-refractivity contribution in [1.29, 1.82) is 0 Å². The van der Waals surface area contributed by atoms with E-state index in [9.17, 15) is 14.9 Å². The van der Waals surface area contributed by atoms with E-state index in [2.05, 4.69) is 31.4 Å². The number of nitro benzene ring substituents is 1. The Balaban J connectivity index is 1.72. The fourth-order valence-corrected chi connectivity index (χ4v) is 3.50. The van der Waals surface area contributed by atoms with Gasteiger partial charge in [-0.15, -0.1) is 0 Å². The van der Waals surface area contributed by atoms with Gasteiger partial charge in [0.2, 0.25) is 0 Å². The highest BCUT2D eigenvalue weighted by atomic mass is 79.9. The van der Waals surface area contributed by atoms with Gasteiger partial charge in [0.1, 0.15) is 11.8 Å². The Kier molecular flexibility index (Phi) is 8.34. The van der Waals surface area contributed by atoms with Crippen molar-refractivity contribution in [2.24, 2.45) is 5.10 Å². The van der Waals surface area contributed by atoms with Gasteiger partial charge in [0, 0.05) is 18.3 Å². The first kappa shape index (κ1) is 24.1. The summed E-state index contributed by atoms with van der Waals surface area (Å²) in [6.45, 7) is 2.43. The first-order chi connectivity index (χ1) is 15.9. The van der Waals surface area contributed by atoms with Crippen LogP contribution in [-0.2, 0) is 6.61 Å². The molecule has 1 amide bonds. The molecule has 11 heteroatoms. The van der Waals surface area contributed by atoms with Gasteiger partial charge in [-0.1, -0.05) is 11.6 Å². The van der Waals surface area contributed by atoms with Gasteiger partial charge in [-0.3, -0.25) is 14.9 Å². The van der Waals surface area contributed by atoms with Gasteiger partial charge < -0.3 is 9.47 Å². The normalized spacial score (nSPS) is 10.8. The third kappa shape index (κ3) is 6.50. The minimum Gasteiger partial charge on any atom is -0.490 e. The van der Waals surface area contributed by atoms with Crippen molar-refractivity contribution in [3.05, 3.63) is 91.2 Å². The van der Waals surface area contributed by atoms with Crippen LogP contribution in [0.2, 0.25) is 5.15 Å². The number of hydrogen-bond donors (Lipinski definition) is 1. The largest absolute Gasteiger partial charge is 0.490 e. The zero-order valence-corrected chi connectivity index (χ0v) is 19.7. The number of benzene rings is 2. The number of carbonyl (C=O) groups excluding carboxylic acids is 1. The molecule has 1 heterocycles. The van der Waals surface area contributed by atoms with Crippen LogP contribution in [0.25, 0.3) is 0 Å². The van der Waals surface area contributed by atoms with Crippen LogP contribution in [0.4, 0.5) is 5.69 Å². The summed E-state index contributed by atoms with van der Waals surface area (Å²) in [6.07, 6.45) is 2.94. The van der Waals surface area contributed by atoms with Crippen molar-refractivity contribution in [1.82, 2.24) is 10.4 Å². The number of rotatable bonds is 9. The van der Waals surface area contributed by atoms with Crippen LogP contribution in [0.3, 0.4) is 0 Å². The second kappa shape index (κ2) is 11.4. The van der Waals surface area contributed by atoms with E-state index in [4.69, 9.17) is 21.1 Å². The van der Waals surface area contributed by atoms with Crippen molar-refractivity contribution in [3.8, 4) is 11.5 Å². The SMILES string of the molecule is CCOc1cc(C=NNC(=O)c2cccnc2Cl)cc(Br)c1OCc1ccc([N+](=O)[O-])cc1. The number of halogens is 2. The van der Waals surface area contributed by atoms with Crippen LogP contribution >= 0.6 is 27.5 Å². The fourth-order valence-electron chi connectivity index (χ4n) is 2.72. The van der Waals surface area contributed by atoms with E-state index in [0.717, 1.165) is 5.56 Å². The standard InChI is InChI=1S/C22H18BrClN4O5/c1-2-32-19-11-15(12-26-27-22(29)17-4-3-9-25-21(17)24)10-18(23)20(19)33-13-14-5-7-16(8-6-14)28(30)31/h3-12H,2,13H2,1H3,(H,27,29). The quantitative estimate of drug-likeness (QED) is 0.176. The molecular weight excluding hydrogens is 516 g/mol. The molecule has 0 unspecified atom stereocenters. The number of nitro groups is 1. The van der Waals surface area contributed by atoms with Crippen molar-refractivity contribution in [3.63, 3.8) is 0 Å². The molecule has 0 aliphatic rings. The molecule has 170 valence electrons. The fraction of sp³-hybridized carbons (Fsp3) is 0.136. The molecule has 33 heavy (non-hydrogen) atoms. The third-order valence-corrected chi connectivity index (χ3v) is 5.14. The number of ether oxygens (including phenoxy) is 2. The summed E-state index contributed by atoms with van der Waals surface area (Å²) in [6, 6.07) is 12.7. The zero-order valence-electron chi connectivity index (χ0n) is 17.3. The molecule has 0 radical (unpaired) electrons. The highest BCUT2D eigenvalue weighted by molar-refractivity contribution is 9.10. The highest BCUT2D eigenvalue weighted by Gasteiger charge is 2.13. The molecule has 0 aliphatic carbocycles. The number of non-ortho nitro benzene ring substituents is 1. The zero-order chi connectivity index (χ0) is 23.8. The van der Waals surface area contributed by atoms with Crippen molar-refractivity contribution in [2.75, 3.05) is 6.61 Å². The summed E-state index contributed by atoms with van der Waals surface area (Å²) in [7, 11) is 0. The summed E-state index contributed by atoms with van der Waals surface area (Å²) < 4.78 is 12.2. The van der Waals surface area contributed by atoms with Crippen LogP contribution in [0.1, 0.15) is 28.4 Å². The summed E-state index contributed by atoms with van der Waals surface area (Å²) in [4.78, 5) is 26.4. The van der Waals surface area contributed by atoms with Crippen LogP contribution in [0.5, 0.6) is 11.5 Å². The molecule has 3 aromatic rings. The number of pyridine rings is 1. The van der Waals surface area contributed by atoms with E-state index in [0.29, 0.717) is 28.1 Å². The molecule has 0 atom stereocenters. The molecule has 0 saturated heterocycles. The molecule has 9 nitrogen and oxygen atoms in total. The predicted octanol–water partition coefficient (Wildman–Crippen LogP) is 5.15.